The maximum absolute atomic E-state index is 14.4. The number of imidazole rings is 1. The third kappa shape index (κ3) is 5.58. The highest BCUT2D eigenvalue weighted by Crippen LogP contribution is 2.31. The molecule has 0 N–H and O–H groups in total. The Hall–Kier alpha value is -1.69. The van der Waals surface area contributed by atoms with Crippen LogP contribution >= 0.6 is 23.4 Å². The third-order valence-electron chi connectivity index (χ3n) is 5.56. The van der Waals surface area contributed by atoms with E-state index in [0.29, 0.717) is 68.1 Å². The first-order valence-electron chi connectivity index (χ1n) is 11.1. The van der Waals surface area contributed by atoms with Crippen molar-refractivity contribution in [3.05, 3.63) is 52.8 Å². The van der Waals surface area contributed by atoms with Crippen LogP contribution in [0.5, 0.6) is 0 Å². The smallest absolute Gasteiger partial charge is 0.243 e. The monoisotopic (exact) mass is 527 g/mol. The number of thioether (sulfide) groups is 1. The molecular formula is C23H27ClFN3O4S2. The molecule has 1 saturated heterocycles. The number of hydrogen-bond acceptors (Lipinski definition) is 6. The molecular weight excluding hydrogens is 501 g/mol. The number of hydrogen-bond donors (Lipinski definition) is 0. The van der Waals surface area contributed by atoms with Gasteiger partial charge >= 0.3 is 0 Å². The minimum absolute atomic E-state index is 0.0845. The summed E-state index contributed by atoms with van der Waals surface area (Å²) in [7, 11) is -3.63. The lowest BCUT2D eigenvalue weighted by Gasteiger charge is -2.26. The number of fused-ring (bicyclic) bond motifs is 1. The van der Waals surface area contributed by atoms with Crippen LogP contribution in [0.3, 0.4) is 0 Å². The predicted molar refractivity (Wildman–Crippen MR) is 131 cm³/mol. The first-order valence-corrected chi connectivity index (χ1v) is 13.9. The minimum atomic E-state index is -3.63. The van der Waals surface area contributed by atoms with Gasteiger partial charge in [0.2, 0.25) is 10.0 Å². The number of nitrogens with zero attached hydrogens (tertiary/aromatic N) is 3. The summed E-state index contributed by atoms with van der Waals surface area (Å²) in [5.74, 6) is -0.0883. The number of ether oxygens (including phenoxy) is 2. The summed E-state index contributed by atoms with van der Waals surface area (Å²) in [6, 6.07) is 9.96. The van der Waals surface area contributed by atoms with Gasteiger partial charge in [0.1, 0.15) is 5.82 Å². The van der Waals surface area contributed by atoms with Gasteiger partial charge in [-0.15, -0.1) is 0 Å². The molecule has 7 nitrogen and oxygen atoms in total. The molecule has 0 bridgehead atoms. The zero-order valence-corrected chi connectivity index (χ0v) is 21.3. The van der Waals surface area contributed by atoms with Gasteiger partial charge in [-0.05, 0) is 43.2 Å². The Labute approximate surface area is 208 Å². The highest BCUT2D eigenvalue weighted by atomic mass is 35.5. The van der Waals surface area contributed by atoms with Gasteiger partial charge in [-0.1, -0.05) is 35.5 Å². The average Bonchev–Trinajstić information content (AvgIpc) is 3.20. The van der Waals surface area contributed by atoms with Crippen LogP contribution in [0.2, 0.25) is 5.02 Å². The predicted octanol–water partition coefficient (Wildman–Crippen LogP) is 4.57. The van der Waals surface area contributed by atoms with Gasteiger partial charge in [0.05, 0.1) is 34.2 Å². The van der Waals surface area contributed by atoms with E-state index >= 15 is 0 Å². The van der Waals surface area contributed by atoms with Crippen LogP contribution in [0.1, 0.15) is 18.9 Å². The van der Waals surface area contributed by atoms with Crippen molar-refractivity contribution in [1.29, 1.82) is 0 Å². The largest absolute Gasteiger partial charge is 0.382 e. The quantitative estimate of drug-likeness (QED) is 0.284. The summed E-state index contributed by atoms with van der Waals surface area (Å²) < 4.78 is 54.8. The van der Waals surface area contributed by atoms with Crippen LogP contribution in [-0.4, -0.2) is 61.8 Å². The number of halogens is 2. The Morgan fingerprint density at radius 1 is 1.24 bits per heavy atom. The fourth-order valence-electron chi connectivity index (χ4n) is 3.78. The second kappa shape index (κ2) is 11.4. The van der Waals surface area contributed by atoms with Crippen molar-refractivity contribution in [2.24, 2.45) is 0 Å². The van der Waals surface area contributed by atoms with Gasteiger partial charge < -0.3 is 14.0 Å². The Kier molecular flexibility index (Phi) is 8.49. The maximum Gasteiger partial charge on any atom is 0.243 e. The van der Waals surface area contributed by atoms with E-state index < -0.39 is 15.8 Å². The van der Waals surface area contributed by atoms with Gasteiger partial charge in [0.15, 0.2) is 5.16 Å². The molecule has 1 aromatic heterocycles. The van der Waals surface area contributed by atoms with Crippen molar-refractivity contribution < 1.29 is 22.3 Å². The number of aryl methyl sites for hydroxylation is 1. The van der Waals surface area contributed by atoms with Crippen molar-refractivity contribution in [2.75, 3.05) is 39.5 Å². The average molecular weight is 528 g/mol. The van der Waals surface area contributed by atoms with Gasteiger partial charge in [0, 0.05) is 38.6 Å². The van der Waals surface area contributed by atoms with E-state index in [1.807, 2.05) is 11.5 Å². The van der Waals surface area contributed by atoms with Crippen molar-refractivity contribution in [3.8, 4) is 0 Å². The molecule has 1 aliphatic rings. The van der Waals surface area contributed by atoms with Crippen LogP contribution in [0.15, 0.2) is 46.5 Å². The molecule has 0 aliphatic carbocycles. The second-order valence-electron chi connectivity index (χ2n) is 7.77. The number of rotatable bonds is 10. The highest BCUT2D eigenvalue weighted by Gasteiger charge is 2.27. The van der Waals surface area contributed by atoms with Gasteiger partial charge in [-0.25, -0.2) is 17.8 Å². The van der Waals surface area contributed by atoms with E-state index in [-0.39, 0.29) is 9.92 Å². The Morgan fingerprint density at radius 3 is 2.79 bits per heavy atom. The molecule has 1 fully saturated rings. The molecule has 0 unspecified atom stereocenters. The van der Waals surface area contributed by atoms with Crippen LogP contribution < -0.4 is 0 Å². The van der Waals surface area contributed by atoms with E-state index in [0.717, 1.165) is 11.9 Å². The lowest BCUT2D eigenvalue weighted by Crippen LogP contribution is -2.40. The van der Waals surface area contributed by atoms with Crippen molar-refractivity contribution in [3.63, 3.8) is 0 Å². The van der Waals surface area contributed by atoms with Crippen molar-refractivity contribution in [2.45, 2.75) is 35.7 Å². The molecule has 3 aromatic rings. The molecule has 1 aliphatic heterocycles. The highest BCUT2D eigenvalue weighted by molar-refractivity contribution is 7.98. The lowest BCUT2D eigenvalue weighted by molar-refractivity contribution is 0.0730. The summed E-state index contributed by atoms with van der Waals surface area (Å²) in [6.07, 6.45) is 0.770. The second-order valence-corrected chi connectivity index (χ2v) is 11.1. The number of aromatic nitrogens is 2. The van der Waals surface area contributed by atoms with Crippen LogP contribution in [-0.2, 0) is 31.8 Å². The third-order valence-corrected chi connectivity index (χ3v) is 8.77. The maximum atomic E-state index is 14.4. The topological polar surface area (TPSA) is 73.7 Å². The Balaban J connectivity index is 1.64. The SMILES string of the molecule is CCOCCCn1c(SCc2cccc(Cl)c2F)nc2cc(S(=O)(=O)N3CCOCC3)ccc21. The zero-order valence-electron chi connectivity index (χ0n) is 18.9. The summed E-state index contributed by atoms with van der Waals surface area (Å²) in [4.78, 5) is 4.93. The molecule has 2 aromatic carbocycles. The minimum Gasteiger partial charge on any atom is -0.382 e. The molecule has 0 saturated carbocycles. The molecule has 0 spiro atoms. The fraction of sp³-hybridized carbons (Fsp3) is 0.435. The van der Waals surface area contributed by atoms with E-state index in [9.17, 15) is 12.8 Å². The lowest BCUT2D eigenvalue weighted by atomic mass is 10.2. The summed E-state index contributed by atoms with van der Waals surface area (Å²) in [5.41, 5.74) is 1.90. The van der Waals surface area contributed by atoms with Crippen LogP contribution in [0.25, 0.3) is 11.0 Å². The number of sulfonamides is 1. The molecule has 4 rings (SSSR count). The Bertz CT molecular complexity index is 1250. The molecule has 0 radical (unpaired) electrons. The zero-order chi connectivity index (χ0) is 24.1. The first kappa shape index (κ1) is 25.4. The summed E-state index contributed by atoms with van der Waals surface area (Å²) in [6.45, 7) is 5.27. The van der Waals surface area contributed by atoms with Gasteiger partial charge in [-0.2, -0.15) is 4.31 Å². The molecule has 11 heteroatoms. The van der Waals surface area contributed by atoms with Crippen LogP contribution in [0, 0.1) is 5.82 Å². The fourth-order valence-corrected chi connectivity index (χ4v) is 6.42. The van der Waals surface area contributed by atoms with Crippen molar-refractivity contribution in [1.82, 2.24) is 13.9 Å². The van der Waals surface area contributed by atoms with Gasteiger partial charge in [-0.3, -0.25) is 0 Å². The first-order chi connectivity index (χ1) is 16.4. The van der Waals surface area contributed by atoms with E-state index in [4.69, 9.17) is 26.1 Å². The van der Waals surface area contributed by atoms with Crippen molar-refractivity contribution >= 4 is 44.4 Å². The summed E-state index contributed by atoms with van der Waals surface area (Å²) in [5, 5.41) is 0.771. The standard InChI is InChI=1S/C23H27ClFN3O4S2/c1-2-31-12-4-9-28-21-8-7-18(34(29,30)27-10-13-32-14-11-27)15-20(21)26-23(28)33-16-17-5-3-6-19(24)22(17)25/h3,5-8,15H,2,4,9-14,16H2,1H3. The van der Waals surface area contributed by atoms with E-state index in [1.54, 1.807) is 30.3 Å². The van der Waals surface area contributed by atoms with Gasteiger partial charge in [0.25, 0.3) is 0 Å². The molecule has 34 heavy (non-hydrogen) atoms. The molecule has 2 heterocycles. The Morgan fingerprint density at radius 2 is 2.03 bits per heavy atom. The molecule has 184 valence electrons. The molecule has 0 atom stereocenters. The number of benzene rings is 2. The normalized spacial score (nSPS) is 15.3. The molecule has 0 amide bonds. The summed E-state index contributed by atoms with van der Waals surface area (Å²) >= 11 is 7.32. The van der Waals surface area contributed by atoms with Crippen LogP contribution in [0.4, 0.5) is 4.39 Å². The van der Waals surface area contributed by atoms with E-state index in [1.165, 1.54) is 22.1 Å². The van der Waals surface area contributed by atoms with E-state index in [2.05, 4.69) is 0 Å². The number of morpholine rings is 1.